The molecular formula is C15H17N3OS. The van der Waals surface area contributed by atoms with Gasteiger partial charge in [-0.05, 0) is 31.5 Å². The Balaban J connectivity index is 1.84. The van der Waals surface area contributed by atoms with Crippen molar-refractivity contribution in [2.75, 3.05) is 5.32 Å². The van der Waals surface area contributed by atoms with Crippen LogP contribution in [0.5, 0.6) is 0 Å². The van der Waals surface area contributed by atoms with Gasteiger partial charge in [0.05, 0.1) is 24.5 Å². The third kappa shape index (κ3) is 2.42. The number of aliphatic hydroxyl groups excluding tert-OH is 1. The van der Waals surface area contributed by atoms with Crippen molar-refractivity contribution >= 4 is 22.0 Å². The number of thiazole rings is 1. The standard InChI is InChI=1S/C15H17N3OS/c1-10-8-18-14(11(2)17-15(18)20-10)7-16-13-5-3-4-12(6-13)9-19/h3-6,8,16,19H,7,9H2,1-2H3. The van der Waals surface area contributed by atoms with E-state index in [1.165, 1.54) is 10.6 Å². The molecule has 0 amide bonds. The molecule has 0 aliphatic carbocycles. The molecule has 2 heterocycles. The Morgan fingerprint density at radius 2 is 2.20 bits per heavy atom. The average Bonchev–Trinajstić information content (AvgIpc) is 2.92. The van der Waals surface area contributed by atoms with Crippen LogP contribution in [0.3, 0.4) is 0 Å². The first-order valence-corrected chi connectivity index (χ1v) is 7.36. The van der Waals surface area contributed by atoms with Crippen molar-refractivity contribution in [1.82, 2.24) is 9.38 Å². The third-order valence-electron chi connectivity index (χ3n) is 3.31. The van der Waals surface area contributed by atoms with Gasteiger partial charge in [-0.15, -0.1) is 11.3 Å². The van der Waals surface area contributed by atoms with Crippen LogP contribution in [-0.4, -0.2) is 14.5 Å². The maximum absolute atomic E-state index is 9.16. The second-order valence-corrected chi connectivity index (χ2v) is 6.06. The Kier molecular flexibility index (Phi) is 3.46. The number of nitrogens with one attached hydrogen (secondary N) is 1. The summed E-state index contributed by atoms with van der Waals surface area (Å²) in [7, 11) is 0. The number of benzene rings is 1. The van der Waals surface area contributed by atoms with Crippen LogP contribution < -0.4 is 5.32 Å². The Morgan fingerprint density at radius 1 is 1.35 bits per heavy atom. The topological polar surface area (TPSA) is 49.6 Å². The molecule has 0 saturated heterocycles. The summed E-state index contributed by atoms with van der Waals surface area (Å²) in [6.07, 6.45) is 2.13. The van der Waals surface area contributed by atoms with Crippen LogP contribution in [0.25, 0.3) is 4.96 Å². The molecule has 104 valence electrons. The molecule has 0 aliphatic rings. The Hall–Kier alpha value is -1.85. The van der Waals surface area contributed by atoms with E-state index in [2.05, 4.69) is 27.8 Å². The highest BCUT2D eigenvalue weighted by molar-refractivity contribution is 7.17. The van der Waals surface area contributed by atoms with Crippen LogP contribution in [0.1, 0.15) is 21.8 Å². The van der Waals surface area contributed by atoms with Crippen molar-refractivity contribution < 1.29 is 5.11 Å². The van der Waals surface area contributed by atoms with Gasteiger partial charge in [-0.1, -0.05) is 12.1 Å². The zero-order chi connectivity index (χ0) is 14.1. The second kappa shape index (κ2) is 5.26. The van der Waals surface area contributed by atoms with Gasteiger partial charge in [-0.2, -0.15) is 0 Å². The van der Waals surface area contributed by atoms with E-state index < -0.39 is 0 Å². The van der Waals surface area contributed by atoms with Crippen molar-refractivity contribution in [2.45, 2.75) is 27.0 Å². The predicted molar refractivity (Wildman–Crippen MR) is 82.2 cm³/mol. The van der Waals surface area contributed by atoms with Crippen molar-refractivity contribution in [3.8, 4) is 0 Å². The van der Waals surface area contributed by atoms with Crippen molar-refractivity contribution in [1.29, 1.82) is 0 Å². The van der Waals surface area contributed by atoms with E-state index in [1.807, 2.05) is 31.2 Å². The molecule has 0 fully saturated rings. The first kappa shape index (κ1) is 13.1. The summed E-state index contributed by atoms with van der Waals surface area (Å²) in [5, 5.41) is 12.6. The summed E-state index contributed by atoms with van der Waals surface area (Å²) in [6, 6.07) is 7.83. The molecule has 0 radical (unpaired) electrons. The molecule has 1 aromatic carbocycles. The molecule has 2 aromatic heterocycles. The summed E-state index contributed by atoms with van der Waals surface area (Å²) >= 11 is 1.71. The first-order valence-electron chi connectivity index (χ1n) is 6.55. The number of aromatic nitrogens is 2. The maximum Gasteiger partial charge on any atom is 0.194 e. The molecule has 3 aromatic rings. The average molecular weight is 287 g/mol. The van der Waals surface area contributed by atoms with E-state index in [0.717, 1.165) is 28.5 Å². The number of hydrogen-bond donors (Lipinski definition) is 2. The lowest BCUT2D eigenvalue weighted by Crippen LogP contribution is -2.03. The fourth-order valence-corrected chi connectivity index (χ4v) is 3.18. The molecule has 0 spiro atoms. The van der Waals surface area contributed by atoms with Gasteiger partial charge >= 0.3 is 0 Å². The number of nitrogens with zero attached hydrogens (tertiary/aromatic N) is 2. The van der Waals surface area contributed by atoms with Crippen LogP contribution in [-0.2, 0) is 13.2 Å². The van der Waals surface area contributed by atoms with E-state index >= 15 is 0 Å². The SMILES string of the molecule is Cc1cn2c(CNc3cccc(CO)c3)c(C)nc2s1. The molecule has 0 aliphatic heterocycles. The Morgan fingerprint density at radius 3 is 3.00 bits per heavy atom. The largest absolute Gasteiger partial charge is 0.392 e. The molecule has 0 unspecified atom stereocenters. The van der Waals surface area contributed by atoms with E-state index in [1.54, 1.807) is 11.3 Å². The number of aliphatic hydroxyl groups is 1. The van der Waals surface area contributed by atoms with E-state index in [4.69, 9.17) is 5.11 Å². The van der Waals surface area contributed by atoms with Crippen LogP contribution in [0, 0.1) is 13.8 Å². The quantitative estimate of drug-likeness (QED) is 0.775. The first-order chi connectivity index (χ1) is 9.67. The summed E-state index contributed by atoms with van der Waals surface area (Å²) < 4.78 is 2.15. The Bertz CT molecular complexity index is 745. The summed E-state index contributed by atoms with van der Waals surface area (Å²) in [5.41, 5.74) is 4.16. The van der Waals surface area contributed by atoms with Crippen LogP contribution in [0.4, 0.5) is 5.69 Å². The lowest BCUT2D eigenvalue weighted by molar-refractivity contribution is 0.282. The lowest BCUT2D eigenvalue weighted by atomic mass is 10.2. The predicted octanol–water partition coefficient (Wildman–Crippen LogP) is 3.12. The van der Waals surface area contributed by atoms with Gasteiger partial charge in [0.1, 0.15) is 0 Å². The summed E-state index contributed by atoms with van der Waals surface area (Å²) in [6.45, 7) is 4.92. The van der Waals surface area contributed by atoms with Crippen LogP contribution >= 0.6 is 11.3 Å². The van der Waals surface area contributed by atoms with Gasteiger partial charge in [-0.3, -0.25) is 4.40 Å². The molecule has 3 rings (SSSR count). The number of fused-ring (bicyclic) bond motifs is 1. The molecular weight excluding hydrogens is 270 g/mol. The smallest absolute Gasteiger partial charge is 0.194 e. The van der Waals surface area contributed by atoms with E-state index in [9.17, 15) is 0 Å². The fraction of sp³-hybridized carbons (Fsp3) is 0.267. The molecule has 0 atom stereocenters. The van der Waals surface area contributed by atoms with E-state index in [-0.39, 0.29) is 6.61 Å². The minimum Gasteiger partial charge on any atom is -0.392 e. The minimum atomic E-state index is 0.0647. The molecule has 4 nitrogen and oxygen atoms in total. The number of rotatable bonds is 4. The van der Waals surface area contributed by atoms with Gasteiger partial charge in [-0.25, -0.2) is 4.98 Å². The zero-order valence-electron chi connectivity index (χ0n) is 11.6. The summed E-state index contributed by atoms with van der Waals surface area (Å²) in [5.74, 6) is 0. The second-order valence-electron chi connectivity index (χ2n) is 4.85. The molecule has 20 heavy (non-hydrogen) atoms. The maximum atomic E-state index is 9.16. The third-order valence-corrected chi connectivity index (χ3v) is 4.21. The van der Waals surface area contributed by atoms with Crippen LogP contribution in [0.2, 0.25) is 0 Å². The van der Waals surface area contributed by atoms with Gasteiger partial charge in [0.15, 0.2) is 4.96 Å². The van der Waals surface area contributed by atoms with Gasteiger partial charge in [0.2, 0.25) is 0 Å². The highest BCUT2D eigenvalue weighted by atomic mass is 32.1. The monoisotopic (exact) mass is 287 g/mol. The molecule has 5 heteroatoms. The number of anilines is 1. The van der Waals surface area contributed by atoms with Crippen molar-refractivity contribution in [3.05, 3.63) is 52.3 Å². The molecule has 0 bridgehead atoms. The molecule has 2 N–H and O–H groups in total. The highest BCUT2D eigenvalue weighted by Crippen LogP contribution is 2.21. The normalized spacial score (nSPS) is 11.2. The fourth-order valence-electron chi connectivity index (χ4n) is 2.29. The lowest BCUT2D eigenvalue weighted by Gasteiger charge is -2.08. The number of hydrogen-bond acceptors (Lipinski definition) is 4. The van der Waals surface area contributed by atoms with E-state index in [0.29, 0.717) is 0 Å². The van der Waals surface area contributed by atoms with Gasteiger partial charge < -0.3 is 10.4 Å². The number of aryl methyl sites for hydroxylation is 2. The summed E-state index contributed by atoms with van der Waals surface area (Å²) in [4.78, 5) is 6.88. The Labute approximate surface area is 121 Å². The van der Waals surface area contributed by atoms with Crippen molar-refractivity contribution in [3.63, 3.8) is 0 Å². The molecule has 0 saturated carbocycles. The zero-order valence-corrected chi connectivity index (χ0v) is 12.4. The number of imidazole rings is 1. The minimum absolute atomic E-state index is 0.0647. The van der Waals surface area contributed by atoms with Gasteiger partial charge in [0.25, 0.3) is 0 Å². The highest BCUT2D eigenvalue weighted by Gasteiger charge is 2.10. The van der Waals surface area contributed by atoms with Gasteiger partial charge in [0, 0.05) is 16.8 Å². The van der Waals surface area contributed by atoms with Crippen LogP contribution in [0.15, 0.2) is 30.5 Å². The van der Waals surface area contributed by atoms with Crippen molar-refractivity contribution in [2.24, 2.45) is 0 Å².